The van der Waals surface area contributed by atoms with Crippen molar-refractivity contribution < 1.29 is 39.2 Å². The Hall–Kier alpha value is -4.29. The van der Waals surface area contributed by atoms with Crippen molar-refractivity contribution in [1.29, 1.82) is 0 Å². The van der Waals surface area contributed by atoms with E-state index in [9.17, 15) is 29.4 Å². The number of aromatic hydroxyl groups is 1. The molecule has 0 bridgehead atoms. The molecule has 0 aromatic heterocycles. The number of carboxylic acid groups (broad SMARTS) is 1. The molecule has 2 fully saturated rings. The van der Waals surface area contributed by atoms with Gasteiger partial charge in [-0.15, -0.1) is 11.8 Å². The predicted octanol–water partition coefficient (Wildman–Crippen LogP) is 1.06. The third kappa shape index (κ3) is 5.40. The molecule has 12 heteroatoms. The number of rotatable bonds is 9. The van der Waals surface area contributed by atoms with Crippen molar-refractivity contribution in [3.63, 3.8) is 0 Å². The van der Waals surface area contributed by atoms with Crippen LogP contribution in [-0.4, -0.2) is 74.2 Å². The highest BCUT2D eigenvalue weighted by Gasteiger charge is 2.54. The van der Waals surface area contributed by atoms with Gasteiger partial charge in [-0.3, -0.25) is 19.3 Å². The lowest BCUT2D eigenvalue weighted by Gasteiger charge is -2.49. The minimum absolute atomic E-state index is 0.0471. The molecule has 0 radical (unpaired) electrons. The van der Waals surface area contributed by atoms with E-state index in [4.69, 9.17) is 9.84 Å². The molecule has 208 valence electrons. The van der Waals surface area contributed by atoms with Crippen LogP contribution in [0.3, 0.4) is 0 Å². The number of phenols is 1. The first kappa shape index (κ1) is 27.3. The molecule has 5 rings (SSSR count). The number of carbonyl (C=O) groups is 4. The number of nitrogens with one attached hydrogen (secondary N) is 2. The first-order valence-corrected chi connectivity index (χ1v) is 13.6. The average molecular weight is 566 g/mol. The van der Waals surface area contributed by atoms with Crippen LogP contribution in [-0.2, 0) is 32.2 Å². The van der Waals surface area contributed by atoms with Gasteiger partial charge in [0, 0.05) is 17.9 Å². The quantitative estimate of drug-likeness (QED) is 0.221. The van der Waals surface area contributed by atoms with Gasteiger partial charge in [-0.1, -0.05) is 24.3 Å². The van der Waals surface area contributed by atoms with E-state index in [-0.39, 0.29) is 42.7 Å². The van der Waals surface area contributed by atoms with Gasteiger partial charge in [0.1, 0.15) is 28.6 Å². The van der Waals surface area contributed by atoms with Crippen LogP contribution >= 0.6 is 11.8 Å². The van der Waals surface area contributed by atoms with Crippen molar-refractivity contribution >= 4 is 35.5 Å². The summed E-state index contributed by atoms with van der Waals surface area (Å²) in [4.78, 5) is 52.0. The molecule has 3 aliphatic heterocycles. The number of phenolic OH excluding ortho intramolecular Hbond substituents is 1. The molecular formula is C28H27N3O8S. The number of allylic oxidation sites excluding steroid dienone is 1. The molecule has 2 aromatic rings. The van der Waals surface area contributed by atoms with Crippen molar-refractivity contribution in [2.75, 3.05) is 18.9 Å². The third-order valence-corrected chi connectivity index (χ3v) is 8.20. The molecule has 2 aromatic carbocycles. The minimum Gasteiger partial charge on any atom is -0.508 e. The van der Waals surface area contributed by atoms with E-state index >= 15 is 0 Å². The van der Waals surface area contributed by atoms with Crippen molar-refractivity contribution in [3.05, 3.63) is 82.1 Å². The zero-order valence-electron chi connectivity index (χ0n) is 21.3. The van der Waals surface area contributed by atoms with Crippen LogP contribution in [0.25, 0.3) is 0 Å². The minimum atomic E-state index is -1.31. The van der Waals surface area contributed by atoms with Crippen molar-refractivity contribution in [2.45, 2.75) is 30.9 Å². The summed E-state index contributed by atoms with van der Waals surface area (Å²) in [7, 11) is 0. The van der Waals surface area contributed by atoms with Crippen molar-refractivity contribution in [1.82, 2.24) is 15.5 Å². The van der Waals surface area contributed by atoms with Crippen LogP contribution in [0, 0.1) is 0 Å². The second kappa shape index (κ2) is 11.4. The van der Waals surface area contributed by atoms with Crippen LogP contribution in [0.5, 0.6) is 11.5 Å². The lowest BCUT2D eigenvalue weighted by Crippen LogP contribution is -2.70. The number of carboxylic acids is 1. The van der Waals surface area contributed by atoms with E-state index < -0.39 is 29.2 Å². The average Bonchev–Trinajstić information content (AvgIpc) is 3.38. The van der Waals surface area contributed by atoms with Crippen molar-refractivity contribution in [2.24, 2.45) is 0 Å². The van der Waals surface area contributed by atoms with Gasteiger partial charge >= 0.3 is 5.97 Å². The van der Waals surface area contributed by atoms with Gasteiger partial charge in [0.25, 0.3) is 11.8 Å². The maximum atomic E-state index is 13.2. The number of nitrogens with zero attached hydrogens (tertiary/aromatic N) is 1. The first-order valence-electron chi connectivity index (χ1n) is 12.6. The highest BCUT2D eigenvalue weighted by Crippen LogP contribution is 2.43. The molecule has 11 nitrogen and oxygen atoms in total. The van der Waals surface area contributed by atoms with Gasteiger partial charge in [-0.05, 0) is 59.4 Å². The number of benzene rings is 2. The second-order valence-corrected chi connectivity index (χ2v) is 10.6. The number of aliphatic hydroxyl groups is 1. The number of carbonyl (C=O) groups excluding carboxylic acids is 3. The molecule has 2 atom stereocenters. The third-order valence-electron chi connectivity index (χ3n) is 6.92. The Morgan fingerprint density at radius 1 is 1.12 bits per heavy atom. The molecule has 5 N–H and O–H groups in total. The molecule has 3 heterocycles. The first-order chi connectivity index (χ1) is 19.3. The number of fused-ring (bicyclic) bond motifs is 1. The smallest absolute Gasteiger partial charge is 0.352 e. The Morgan fingerprint density at radius 2 is 1.90 bits per heavy atom. The van der Waals surface area contributed by atoms with E-state index in [2.05, 4.69) is 10.6 Å². The van der Waals surface area contributed by atoms with Gasteiger partial charge < -0.3 is 30.7 Å². The fourth-order valence-corrected chi connectivity index (χ4v) is 6.36. The molecule has 40 heavy (non-hydrogen) atoms. The fourth-order valence-electron chi connectivity index (χ4n) is 4.98. The van der Waals surface area contributed by atoms with Gasteiger partial charge in [0.05, 0.1) is 6.61 Å². The Labute approximate surface area is 233 Å². The normalized spacial score (nSPS) is 21.4. The molecular weight excluding hydrogens is 538 g/mol. The molecule has 0 unspecified atom stereocenters. The molecule has 0 aliphatic carbocycles. The predicted molar refractivity (Wildman–Crippen MR) is 144 cm³/mol. The summed E-state index contributed by atoms with van der Waals surface area (Å²) >= 11 is 1.31. The topological polar surface area (TPSA) is 166 Å². The Bertz CT molecular complexity index is 1440. The largest absolute Gasteiger partial charge is 0.508 e. The molecule has 0 saturated carbocycles. The number of ether oxygens (including phenoxy) is 1. The fraction of sp³-hybridized carbons (Fsp3) is 0.286. The van der Waals surface area contributed by atoms with E-state index in [1.165, 1.54) is 22.7 Å². The van der Waals surface area contributed by atoms with Gasteiger partial charge in [-0.25, -0.2) is 4.79 Å². The maximum Gasteiger partial charge on any atom is 0.352 e. The number of hydrogen-bond donors (Lipinski definition) is 5. The molecule has 3 amide bonds. The summed E-state index contributed by atoms with van der Waals surface area (Å²) < 4.78 is 5.46. The van der Waals surface area contributed by atoms with Gasteiger partial charge in [0.2, 0.25) is 5.91 Å². The summed E-state index contributed by atoms with van der Waals surface area (Å²) in [6.45, 7) is -0.0361. The lowest BCUT2D eigenvalue weighted by atomic mass is 9.90. The summed E-state index contributed by atoms with van der Waals surface area (Å²) in [5.74, 6) is -2.01. The van der Waals surface area contributed by atoms with Crippen LogP contribution in [0.4, 0.5) is 0 Å². The number of hydrogen-bond acceptors (Lipinski definition) is 8. The number of thioether (sulfide) groups is 1. The van der Waals surface area contributed by atoms with Gasteiger partial charge in [0.15, 0.2) is 6.61 Å². The van der Waals surface area contributed by atoms with Crippen LogP contribution in [0.15, 0.2) is 70.9 Å². The SMILES string of the molecule is O=C(COc1ccc(CO)cc1)N[C@@H]1C(=O)N2C(C(=O)O)=C(/C(Cc3cccc(O)c3)=C3\CCNC3=O)CS[C@H]12. The van der Waals surface area contributed by atoms with Crippen LogP contribution in [0.2, 0.25) is 0 Å². The number of β-lactam (4-membered cyclic amide) rings is 1. The zero-order valence-corrected chi connectivity index (χ0v) is 22.1. The Morgan fingerprint density at radius 3 is 2.55 bits per heavy atom. The summed E-state index contributed by atoms with van der Waals surface area (Å²) in [6.07, 6.45) is 0.611. The molecule has 3 aliphatic rings. The van der Waals surface area contributed by atoms with E-state index in [1.54, 1.807) is 42.5 Å². The highest BCUT2D eigenvalue weighted by atomic mass is 32.2. The second-order valence-electron chi connectivity index (χ2n) is 9.49. The van der Waals surface area contributed by atoms with Crippen molar-refractivity contribution in [3.8, 4) is 11.5 Å². The molecule has 2 saturated heterocycles. The van der Waals surface area contributed by atoms with Crippen LogP contribution in [0.1, 0.15) is 17.5 Å². The highest BCUT2D eigenvalue weighted by molar-refractivity contribution is 8.00. The zero-order chi connectivity index (χ0) is 28.4. The monoisotopic (exact) mass is 565 g/mol. The lowest BCUT2D eigenvalue weighted by molar-refractivity contribution is -0.150. The molecule has 0 spiro atoms. The number of aliphatic hydroxyl groups excluding tert-OH is 1. The summed E-state index contributed by atoms with van der Waals surface area (Å²) in [6, 6.07) is 12.1. The van der Waals surface area contributed by atoms with E-state index in [1.807, 2.05) is 0 Å². The Kier molecular flexibility index (Phi) is 7.81. The standard InChI is InChI=1S/C28H27N3O8S/c32-12-15-4-6-18(7-5-15)39-13-22(34)30-23-26(36)31-24(28(37)38)21(14-40-27(23)31)20(19-8-9-29-25(19)35)11-16-2-1-3-17(33)10-16/h1-7,10,23,27,32-33H,8-9,11-14H2,(H,29,35)(H,30,34)(H,37,38)/b20-19+/t23-,27-/m1/s1. The number of amides is 3. The van der Waals surface area contributed by atoms with E-state index in [0.29, 0.717) is 46.6 Å². The summed E-state index contributed by atoms with van der Waals surface area (Å²) in [5, 5.41) is 34.0. The number of aliphatic carboxylic acids is 1. The van der Waals surface area contributed by atoms with E-state index in [0.717, 1.165) is 0 Å². The maximum absolute atomic E-state index is 13.2. The Balaban J connectivity index is 1.36. The van der Waals surface area contributed by atoms with Crippen LogP contribution < -0.4 is 15.4 Å². The van der Waals surface area contributed by atoms with Gasteiger partial charge in [-0.2, -0.15) is 0 Å². The summed E-state index contributed by atoms with van der Waals surface area (Å²) in [5.41, 5.74) is 2.53.